The van der Waals surface area contributed by atoms with Gasteiger partial charge in [-0.25, -0.2) is 0 Å². The molecule has 39 heavy (non-hydrogen) atoms. The predicted octanol–water partition coefficient (Wildman–Crippen LogP) is 4.57. The van der Waals surface area contributed by atoms with Crippen LogP contribution in [0.5, 0.6) is 0 Å². The lowest BCUT2D eigenvalue weighted by Gasteiger charge is -2.46. The van der Waals surface area contributed by atoms with E-state index in [-0.39, 0.29) is 60.0 Å². The van der Waals surface area contributed by atoms with E-state index >= 15 is 0 Å². The molecule has 3 fully saturated rings. The van der Waals surface area contributed by atoms with Crippen molar-refractivity contribution in [2.75, 3.05) is 35.0 Å². The van der Waals surface area contributed by atoms with Crippen molar-refractivity contribution in [1.29, 1.82) is 0 Å². The van der Waals surface area contributed by atoms with Gasteiger partial charge in [-0.3, -0.25) is 4.79 Å². The summed E-state index contributed by atoms with van der Waals surface area (Å²) >= 11 is 0. The van der Waals surface area contributed by atoms with Crippen LogP contribution in [0.15, 0.2) is 0 Å². The van der Waals surface area contributed by atoms with Crippen LogP contribution in [0, 0.1) is 17.8 Å². The molecule has 0 amide bonds. The molecule has 10 heteroatoms. The first kappa shape index (κ1) is 32.9. The summed E-state index contributed by atoms with van der Waals surface area (Å²) in [5.41, 5.74) is 0. The maximum Gasteiger partial charge on any atom is 0.308 e. The Hall–Kier alpha value is -0.593. The summed E-state index contributed by atoms with van der Waals surface area (Å²) in [5, 5.41) is 0.121. The smallest absolute Gasteiger partial charge is 0.308 e. The van der Waals surface area contributed by atoms with Gasteiger partial charge in [-0.15, -0.1) is 0 Å². The molecule has 0 aromatic heterocycles. The third-order valence-corrected chi connectivity index (χ3v) is 14.1. The van der Waals surface area contributed by atoms with Crippen molar-refractivity contribution in [2.45, 2.75) is 127 Å². The molecule has 2 aliphatic heterocycles. The lowest BCUT2D eigenvalue weighted by Crippen LogP contribution is -2.58. The number of hydrogen-bond acceptors (Lipinski definition) is 9. The first-order valence-corrected chi connectivity index (χ1v) is 17.4. The largest absolute Gasteiger partial charge is 0.469 e. The molecule has 0 aromatic carbocycles. The van der Waals surface area contributed by atoms with Gasteiger partial charge >= 0.3 is 5.97 Å². The Kier molecular flexibility index (Phi) is 11.5. The molecule has 0 N–H and O–H groups in total. The molecule has 9 nitrogen and oxygen atoms in total. The molecule has 1 saturated carbocycles. The normalized spacial score (nSPS) is 38.3. The van der Waals surface area contributed by atoms with Crippen LogP contribution < -0.4 is 0 Å². The Bertz CT molecular complexity index is 787. The number of esters is 1. The van der Waals surface area contributed by atoms with Crippen LogP contribution in [0.2, 0.25) is 18.1 Å². The fourth-order valence-corrected chi connectivity index (χ4v) is 7.10. The second kappa shape index (κ2) is 13.6. The second-order valence-corrected chi connectivity index (χ2v) is 18.0. The number of methoxy groups -OCH3 is 4. The highest BCUT2D eigenvalue weighted by atomic mass is 28.4. The highest BCUT2D eigenvalue weighted by Gasteiger charge is 2.49. The highest BCUT2D eigenvalue weighted by molar-refractivity contribution is 6.74. The lowest BCUT2D eigenvalue weighted by molar-refractivity contribution is -0.308. The van der Waals surface area contributed by atoms with Gasteiger partial charge in [0.2, 0.25) is 0 Å². The quantitative estimate of drug-likeness (QED) is 0.246. The molecule has 0 aromatic rings. The van der Waals surface area contributed by atoms with Gasteiger partial charge in [0.05, 0.1) is 44.6 Å². The lowest BCUT2D eigenvalue weighted by atomic mass is 9.86. The zero-order valence-corrected chi connectivity index (χ0v) is 27.1. The molecule has 3 rings (SSSR count). The second-order valence-electron chi connectivity index (χ2n) is 13.3. The van der Waals surface area contributed by atoms with E-state index in [2.05, 4.69) is 47.7 Å². The van der Waals surface area contributed by atoms with Crippen molar-refractivity contribution >= 4 is 14.3 Å². The fraction of sp³-hybridized carbons (Fsp3) is 0.966. The van der Waals surface area contributed by atoms with Gasteiger partial charge in [-0.1, -0.05) is 34.6 Å². The standard InChI is InChI=1S/C29H54O9Si/c1-17-12-20(17)23(38-39(10,11)29(3,4)5)14-19-13-21(18(2)22(36-19)15-25(30)32-7)37-28-27(34-9)26(33-8)24(31-6)16-35-28/h17-24,26-28H,12-16H2,1-11H3/t17-,18-,19+,20-,21+,22+,23+,24-,26+,27-,28+/m1/s1. The van der Waals surface area contributed by atoms with Crippen molar-refractivity contribution in [1.82, 2.24) is 0 Å². The van der Waals surface area contributed by atoms with Crippen molar-refractivity contribution in [3.05, 3.63) is 0 Å². The van der Waals surface area contributed by atoms with Gasteiger partial charge < -0.3 is 37.6 Å². The molecule has 11 atom stereocenters. The molecule has 0 bridgehead atoms. The molecule has 228 valence electrons. The van der Waals surface area contributed by atoms with Crippen LogP contribution >= 0.6 is 0 Å². The van der Waals surface area contributed by atoms with Gasteiger partial charge in [0.15, 0.2) is 14.6 Å². The molecule has 0 spiro atoms. The van der Waals surface area contributed by atoms with E-state index in [0.717, 1.165) is 6.42 Å². The maximum atomic E-state index is 12.3. The third-order valence-electron chi connectivity index (χ3n) is 9.57. The van der Waals surface area contributed by atoms with Crippen LogP contribution in [-0.4, -0.2) is 98.4 Å². The monoisotopic (exact) mass is 574 g/mol. The fourth-order valence-electron chi connectivity index (χ4n) is 5.71. The summed E-state index contributed by atoms with van der Waals surface area (Å²) in [6, 6.07) is 0. The molecule has 3 aliphatic rings. The Morgan fingerprint density at radius 1 is 0.974 bits per heavy atom. The van der Waals surface area contributed by atoms with Crippen LogP contribution in [0.4, 0.5) is 0 Å². The Morgan fingerprint density at radius 2 is 1.62 bits per heavy atom. The summed E-state index contributed by atoms with van der Waals surface area (Å²) < 4.78 is 48.4. The van der Waals surface area contributed by atoms with Crippen molar-refractivity contribution in [2.24, 2.45) is 17.8 Å². The van der Waals surface area contributed by atoms with E-state index in [1.807, 2.05) is 0 Å². The molecule has 2 heterocycles. The average molecular weight is 575 g/mol. The number of ether oxygens (including phenoxy) is 7. The first-order chi connectivity index (χ1) is 18.3. The van der Waals surface area contributed by atoms with Gasteiger partial charge in [-0.05, 0) is 42.8 Å². The summed E-state index contributed by atoms with van der Waals surface area (Å²) in [4.78, 5) is 12.3. The minimum Gasteiger partial charge on any atom is -0.469 e. The van der Waals surface area contributed by atoms with E-state index in [0.29, 0.717) is 24.9 Å². The summed E-state index contributed by atoms with van der Waals surface area (Å²) in [7, 11) is 4.35. The molecule has 0 radical (unpaired) electrons. The molecule has 1 aliphatic carbocycles. The Balaban J connectivity index is 1.80. The SMILES string of the molecule is COC(=O)C[C@@H]1O[C@H](C[C@H](O[Si](C)(C)C(C)(C)C)[C@@H]2C[C@H]2C)C[C@H](O[C@@H]2OC[C@@H](OC)[C@H](OC)[C@H]2OC)[C@H]1C. The average Bonchev–Trinajstić information content (AvgIpc) is 3.61. The number of carbonyl (C=O) groups excluding carboxylic acids is 1. The van der Waals surface area contributed by atoms with Crippen LogP contribution in [0.3, 0.4) is 0 Å². The van der Waals surface area contributed by atoms with E-state index in [1.165, 1.54) is 13.5 Å². The van der Waals surface area contributed by atoms with Crippen LogP contribution in [-0.2, 0) is 42.4 Å². The van der Waals surface area contributed by atoms with Crippen LogP contribution in [0.1, 0.15) is 60.3 Å². The van der Waals surface area contributed by atoms with E-state index in [1.54, 1.807) is 21.3 Å². The predicted molar refractivity (Wildman–Crippen MR) is 150 cm³/mol. The number of hydrogen-bond donors (Lipinski definition) is 0. The third kappa shape index (κ3) is 8.03. The van der Waals surface area contributed by atoms with E-state index in [4.69, 9.17) is 37.6 Å². The molecule has 2 saturated heterocycles. The van der Waals surface area contributed by atoms with Crippen LogP contribution in [0.25, 0.3) is 0 Å². The highest BCUT2D eigenvalue weighted by Crippen LogP contribution is 2.48. The van der Waals surface area contributed by atoms with Crippen molar-refractivity contribution in [3.63, 3.8) is 0 Å². The van der Waals surface area contributed by atoms with E-state index in [9.17, 15) is 4.79 Å². The van der Waals surface area contributed by atoms with Gasteiger partial charge in [-0.2, -0.15) is 0 Å². The molecular weight excluding hydrogens is 520 g/mol. The summed E-state index contributed by atoms with van der Waals surface area (Å²) in [5.74, 6) is 0.843. The zero-order chi connectivity index (χ0) is 29.1. The minimum atomic E-state index is -1.98. The van der Waals surface area contributed by atoms with Crippen molar-refractivity contribution in [3.8, 4) is 0 Å². The van der Waals surface area contributed by atoms with E-state index < -0.39 is 20.7 Å². The Morgan fingerprint density at radius 3 is 2.13 bits per heavy atom. The van der Waals surface area contributed by atoms with Crippen molar-refractivity contribution < 1.29 is 42.4 Å². The summed E-state index contributed by atoms with van der Waals surface area (Å²) in [6.45, 7) is 16.2. The summed E-state index contributed by atoms with van der Waals surface area (Å²) in [6.07, 6.45) is 0.623. The maximum absolute atomic E-state index is 12.3. The topological polar surface area (TPSA) is 90.9 Å². The zero-order valence-electron chi connectivity index (χ0n) is 26.1. The Labute approximate surface area is 237 Å². The van der Waals surface area contributed by atoms with Gasteiger partial charge in [0, 0.05) is 33.7 Å². The minimum absolute atomic E-state index is 0.0535. The van der Waals surface area contributed by atoms with Gasteiger partial charge in [0.1, 0.15) is 18.3 Å². The van der Waals surface area contributed by atoms with Gasteiger partial charge in [0.25, 0.3) is 0 Å². The first-order valence-electron chi connectivity index (χ1n) is 14.5. The number of rotatable bonds is 12. The molecule has 0 unspecified atom stereocenters. The molecular formula is C29H54O9Si. The number of carbonyl (C=O) groups is 1.